The number of aryl methyl sites for hydroxylation is 1. The second kappa shape index (κ2) is 5.72. The van der Waals surface area contributed by atoms with Crippen LogP contribution < -0.4 is 0 Å². The van der Waals surface area contributed by atoms with Crippen LogP contribution >= 0.6 is 0 Å². The Kier molecular flexibility index (Phi) is 4.57. The van der Waals surface area contributed by atoms with Gasteiger partial charge in [0.15, 0.2) is 0 Å². The van der Waals surface area contributed by atoms with Crippen molar-refractivity contribution in [2.24, 2.45) is 0 Å². The highest BCUT2D eigenvalue weighted by molar-refractivity contribution is 5.24. The Labute approximate surface area is 92.5 Å². The van der Waals surface area contributed by atoms with Crippen LogP contribution in [0.3, 0.4) is 0 Å². The van der Waals surface area contributed by atoms with Gasteiger partial charge < -0.3 is 5.11 Å². The zero-order valence-corrected chi connectivity index (χ0v) is 9.66. The lowest BCUT2D eigenvalue weighted by molar-refractivity contribution is 0.168. The van der Waals surface area contributed by atoms with E-state index in [1.807, 2.05) is 19.1 Å². The van der Waals surface area contributed by atoms with Crippen molar-refractivity contribution in [3.05, 3.63) is 47.5 Å². The van der Waals surface area contributed by atoms with Gasteiger partial charge in [0.05, 0.1) is 6.10 Å². The van der Waals surface area contributed by atoms with E-state index in [9.17, 15) is 5.11 Å². The molecule has 1 aromatic rings. The van der Waals surface area contributed by atoms with Gasteiger partial charge in [0.25, 0.3) is 0 Å². The molecule has 0 amide bonds. The minimum Gasteiger partial charge on any atom is -0.388 e. The van der Waals surface area contributed by atoms with E-state index in [1.54, 1.807) is 0 Å². The number of aliphatic hydroxyl groups is 1. The lowest BCUT2D eigenvalue weighted by atomic mass is 10.0. The Morgan fingerprint density at radius 3 is 2.40 bits per heavy atom. The second-order valence-corrected chi connectivity index (χ2v) is 4.11. The average Bonchev–Trinajstić information content (AvgIpc) is 2.26. The first-order chi connectivity index (χ1) is 7.13. The molecule has 0 fully saturated rings. The van der Waals surface area contributed by atoms with Crippen LogP contribution in [-0.2, 0) is 6.42 Å². The van der Waals surface area contributed by atoms with Crippen molar-refractivity contribution in [1.82, 2.24) is 0 Å². The number of hydrogen-bond acceptors (Lipinski definition) is 1. The van der Waals surface area contributed by atoms with Crippen molar-refractivity contribution in [3.63, 3.8) is 0 Å². The van der Waals surface area contributed by atoms with E-state index in [-0.39, 0.29) is 6.10 Å². The zero-order valence-electron chi connectivity index (χ0n) is 9.66. The molecule has 1 rings (SSSR count). The molecular formula is C14H20O. The second-order valence-electron chi connectivity index (χ2n) is 4.11. The third kappa shape index (κ3) is 3.88. The van der Waals surface area contributed by atoms with Crippen LogP contribution in [0.1, 0.15) is 43.9 Å². The SMILES string of the molecule is C=C(C)CCC(O)c1ccc(CC)cc1. The number of hydrogen-bond donors (Lipinski definition) is 1. The van der Waals surface area contributed by atoms with Crippen LogP contribution in [0.4, 0.5) is 0 Å². The molecule has 0 bridgehead atoms. The van der Waals surface area contributed by atoms with Crippen LogP contribution in [0.2, 0.25) is 0 Å². The molecule has 0 heterocycles. The third-order valence-corrected chi connectivity index (χ3v) is 2.62. The number of benzene rings is 1. The summed E-state index contributed by atoms with van der Waals surface area (Å²) in [5, 5.41) is 9.89. The predicted octanol–water partition coefficient (Wildman–Crippen LogP) is 3.64. The van der Waals surface area contributed by atoms with E-state index < -0.39 is 0 Å². The minimum absolute atomic E-state index is 0.354. The molecule has 0 radical (unpaired) electrons. The molecule has 0 aliphatic carbocycles. The summed E-state index contributed by atoms with van der Waals surface area (Å²) >= 11 is 0. The largest absolute Gasteiger partial charge is 0.388 e. The number of allylic oxidation sites excluding steroid dienone is 1. The maximum atomic E-state index is 9.89. The fourth-order valence-electron chi connectivity index (χ4n) is 1.53. The van der Waals surface area contributed by atoms with E-state index in [2.05, 4.69) is 25.6 Å². The van der Waals surface area contributed by atoms with E-state index in [0.29, 0.717) is 0 Å². The average molecular weight is 204 g/mol. The molecule has 0 saturated heterocycles. The molecule has 0 spiro atoms. The van der Waals surface area contributed by atoms with Crippen LogP contribution in [0.25, 0.3) is 0 Å². The molecule has 15 heavy (non-hydrogen) atoms. The Bertz CT molecular complexity index is 311. The zero-order chi connectivity index (χ0) is 11.3. The molecule has 1 heteroatoms. The molecule has 1 unspecified atom stereocenters. The lowest BCUT2D eigenvalue weighted by Crippen LogP contribution is -1.97. The van der Waals surface area contributed by atoms with Gasteiger partial charge in [0.2, 0.25) is 0 Å². The van der Waals surface area contributed by atoms with Crippen molar-refractivity contribution in [2.75, 3.05) is 0 Å². The summed E-state index contributed by atoms with van der Waals surface area (Å²) in [6.45, 7) is 7.96. The molecule has 1 atom stereocenters. The van der Waals surface area contributed by atoms with E-state index in [0.717, 1.165) is 30.4 Å². The van der Waals surface area contributed by atoms with Crippen molar-refractivity contribution in [3.8, 4) is 0 Å². The van der Waals surface area contributed by atoms with Gasteiger partial charge in [0, 0.05) is 0 Å². The molecular weight excluding hydrogens is 184 g/mol. The molecule has 0 aromatic heterocycles. The summed E-state index contributed by atoms with van der Waals surface area (Å²) in [5.74, 6) is 0. The molecule has 82 valence electrons. The molecule has 0 aliphatic heterocycles. The highest BCUT2D eigenvalue weighted by atomic mass is 16.3. The topological polar surface area (TPSA) is 20.2 Å². The van der Waals surface area contributed by atoms with E-state index >= 15 is 0 Å². The van der Waals surface area contributed by atoms with Crippen LogP contribution in [0.5, 0.6) is 0 Å². The van der Waals surface area contributed by atoms with Crippen LogP contribution in [0.15, 0.2) is 36.4 Å². The van der Waals surface area contributed by atoms with Gasteiger partial charge in [0.1, 0.15) is 0 Å². The molecule has 1 nitrogen and oxygen atoms in total. The van der Waals surface area contributed by atoms with Crippen molar-refractivity contribution in [1.29, 1.82) is 0 Å². The number of rotatable bonds is 5. The minimum atomic E-state index is -0.354. The van der Waals surface area contributed by atoms with Gasteiger partial charge in [-0.2, -0.15) is 0 Å². The Morgan fingerprint density at radius 1 is 1.33 bits per heavy atom. The quantitative estimate of drug-likeness (QED) is 0.726. The predicted molar refractivity (Wildman–Crippen MR) is 64.8 cm³/mol. The Morgan fingerprint density at radius 2 is 1.93 bits per heavy atom. The summed E-state index contributed by atoms with van der Waals surface area (Å²) in [6.07, 6.45) is 2.34. The Hall–Kier alpha value is -1.08. The normalized spacial score (nSPS) is 12.5. The first kappa shape index (κ1) is 12.0. The monoisotopic (exact) mass is 204 g/mol. The van der Waals surface area contributed by atoms with Gasteiger partial charge in [-0.05, 0) is 37.3 Å². The van der Waals surface area contributed by atoms with Gasteiger partial charge in [-0.1, -0.05) is 36.8 Å². The van der Waals surface area contributed by atoms with E-state index in [1.165, 1.54) is 5.56 Å². The summed E-state index contributed by atoms with van der Waals surface area (Å²) in [5.41, 5.74) is 3.44. The van der Waals surface area contributed by atoms with Gasteiger partial charge in [-0.15, -0.1) is 6.58 Å². The number of aliphatic hydroxyl groups excluding tert-OH is 1. The van der Waals surface area contributed by atoms with Crippen LogP contribution in [0, 0.1) is 0 Å². The third-order valence-electron chi connectivity index (χ3n) is 2.62. The molecule has 0 aliphatic rings. The van der Waals surface area contributed by atoms with Crippen molar-refractivity contribution >= 4 is 0 Å². The first-order valence-corrected chi connectivity index (χ1v) is 5.54. The smallest absolute Gasteiger partial charge is 0.0793 e. The maximum Gasteiger partial charge on any atom is 0.0793 e. The van der Waals surface area contributed by atoms with Gasteiger partial charge >= 0.3 is 0 Å². The van der Waals surface area contributed by atoms with E-state index in [4.69, 9.17) is 0 Å². The summed E-state index contributed by atoms with van der Waals surface area (Å²) in [6, 6.07) is 8.20. The molecule has 0 saturated carbocycles. The highest BCUT2D eigenvalue weighted by Gasteiger charge is 2.06. The van der Waals surface area contributed by atoms with Crippen molar-refractivity contribution < 1.29 is 5.11 Å². The standard InChI is InChI=1S/C14H20O/c1-4-12-6-8-13(9-7-12)14(15)10-5-11(2)3/h6-9,14-15H,2,4-5,10H2,1,3H3. The molecule has 1 N–H and O–H groups in total. The van der Waals surface area contributed by atoms with Crippen molar-refractivity contribution in [2.45, 2.75) is 39.2 Å². The summed E-state index contributed by atoms with van der Waals surface area (Å²) in [4.78, 5) is 0. The molecule has 1 aromatic carbocycles. The summed E-state index contributed by atoms with van der Waals surface area (Å²) in [7, 11) is 0. The lowest BCUT2D eigenvalue weighted by Gasteiger charge is -2.11. The highest BCUT2D eigenvalue weighted by Crippen LogP contribution is 2.20. The summed E-state index contributed by atoms with van der Waals surface area (Å²) < 4.78 is 0. The Balaban J connectivity index is 2.57. The fourth-order valence-corrected chi connectivity index (χ4v) is 1.53. The van der Waals surface area contributed by atoms with Gasteiger partial charge in [-0.3, -0.25) is 0 Å². The maximum absolute atomic E-state index is 9.89. The first-order valence-electron chi connectivity index (χ1n) is 5.54. The van der Waals surface area contributed by atoms with Crippen LogP contribution in [-0.4, -0.2) is 5.11 Å². The fraction of sp³-hybridized carbons (Fsp3) is 0.429. The van der Waals surface area contributed by atoms with Gasteiger partial charge in [-0.25, -0.2) is 0 Å².